The molecule has 0 aliphatic heterocycles. The van der Waals surface area contributed by atoms with Gasteiger partial charge in [-0.15, -0.1) is 0 Å². The van der Waals surface area contributed by atoms with E-state index >= 15 is 0 Å². The average molecular weight is 615 g/mol. The summed E-state index contributed by atoms with van der Waals surface area (Å²) in [7, 11) is 0. The van der Waals surface area contributed by atoms with Gasteiger partial charge in [-0.2, -0.15) is 29.5 Å². The van der Waals surface area contributed by atoms with Crippen LogP contribution >= 0.6 is 0 Å². The van der Waals surface area contributed by atoms with Crippen molar-refractivity contribution in [3.8, 4) is 45.4 Å². The molecule has 0 radical (unpaired) electrons. The average Bonchev–Trinajstić information content (AvgIpc) is 3.08. The summed E-state index contributed by atoms with van der Waals surface area (Å²) < 4.78 is 2.40. The molecule has 6 rings (SSSR count). The topological polar surface area (TPSA) is 160 Å². The van der Waals surface area contributed by atoms with E-state index in [2.05, 4.69) is 30.8 Å². The van der Waals surface area contributed by atoms with E-state index < -0.39 is 11.4 Å². The molecule has 0 saturated heterocycles. The van der Waals surface area contributed by atoms with Crippen LogP contribution in [0.25, 0.3) is 33.9 Å². The Hall–Kier alpha value is -6.30. The summed E-state index contributed by atoms with van der Waals surface area (Å²) in [4.78, 5) is 34.4. The molecular weight excluding hydrogens is 584 g/mol. The lowest BCUT2D eigenvalue weighted by Crippen LogP contribution is -2.27. The predicted octanol–water partition coefficient (Wildman–Crippen LogP) is 4.62. The molecule has 12 nitrogen and oxygen atoms in total. The first-order valence-electron chi connectivity index (χ1n) is 14.7. The van der Waals surface area contributed by atoms with Gasteiger partial charge in [0.1, 0.15) is 22.9 Å². The fourth-order valence-corrected chi connectivity index (χ4v) is 4.87. The maximum absolute atomic E-state index is 12.9. The van der Waals surface area contributed by atoms with Crippen LogP contribution in [-0.4, -0.2) is 52.8 Å². The molecule has 0 amide bonds. The maximum atomic E-state index is 12.9. The van der Waals surface area contributed by atoms with Crippen LogP contribution in [0.5, 0.6) is 11.5 Å². The molecule has 0 aliphatic rings. The van der Waals surface area contributed by atoms with Crippen LogP contribution in [0.15, 0.2) is 119 Å². The van der Waals surface area contributed by atoms with Crippen molar-refractivity contribution in [3.05, 3.63) is 130 Å². The van der Waals surface area contributed by atoms with E-state index in [-0.39, 0.29) is 23.1 Å². The Bertz CT molecular complexity index is 1930. The molecule has 6 aromatic rings. The summed E-state index contributed by atoms with van der Waals surface area (Å²) in [6.45, 7) is 0.888. The maximum Gasteiger partial charge on any atom is 0.370 e. The highest BCUT2D eigenvalue weighted by Crippen LogP contribution is 2.32. The molecule has 0 aliphatic carbocycles. The monoisotopic (exact) mass is 614 g/mol. The van der Waals surface area contributed by atoms with Crippen LogP contribution in [-0.2, 0) is 0 Å². The Kier molecular flexibility index (Phi) is 8.77. The van der Waals surface area contributed by atoms with Crippen molar-refractivity contribution in [2.75, 3.05) is 23.7 Å². The zero-order valence-corrected chi connectivity index (χ0v) is 24.6. The zero-order valence-electron chi connectivity index (χ0n) is 24.6. The molecule has 230 valence electrons. The summed E-state index contributed by atoms with van der Waals surface area (Å²) >= 11 is 0. The van der Waals surface area contributed by atoms with E-state index in [1.807, 2.05) is 12.1 Å². The Balaban J connectivity index is 1.18. The van der Waals surface area contributed by atoms with Gasteiger partial charge in [0.25, 0.3) is 0 Å². The quantitative estimate of drug-likeness (QED) is 0.152. The lowest BCUT2D eigenvalue weighted by molar-refractivity contribution is 0.476. The van der Waals surface area contributed by atoms with Crippen molar-refractivity contribution in [2.45, 2.75) is 12.8 Å². The van der Waals surface area contributed by atoms with Crippen molar-refractivity contribution in [3.63, 3.8) is 0 Å². The van der Waals surface area contributed by atoms with Gasteiger partial charge in [-0.3, -0.25) is 0 Å². The number of unbranched alkanes of at least 4 members (excludes halogenated alkanes) is 1. The van der Waals surface area contributed by atoms with Crippen molar-refractivity contribution in [1.82, 2.24) is 29.5 Å². The van der Waals surface area contributed by atoms with Crippen LogP contribution < -0.4 is 22.0 Å². The van der Waals surface area contributed by atoms with Gasteiger partial charge in [0, 0.05) is 24.2 Å². The van der Waals surface area contributed by atoms with Gasteiger partial charge < -0.3 is 20.8 Å². The smallest absolute Gasteiger partial charge is 0.370 e. The third-order valence-electron chi connectivity index (χ3n) is 7.13. The molecule has 2 aromatic heterocycles. The summed E-state index contributed by atoms with van der Waals surface area (Å²) in [5, 5.41) is 36.6. The fourth-order valence-electron chi connectivity index (χ4n) is 4.87. The van der Waals surface area contributed by atoms with E-state index in [4.69, 9.17) is 0 Å². The Labute approximate surface area is 263 Å². The highest BCUT2D eigenvalue weighted by Gasteiger charge is 2.18. The van der Waals surface area contributed by atoms with Crippen LogP contribution in [0.1, 0.15) is 12.8 Å². The SMILES string of the molecule is O=c1nc(NCCCCNc2nc(=O)n(-c3ccccc3)nc2-c2ccccc2O)c(-c2ccccc2O)nn1-c1ccccc1. The molecule has 0 bridgehead atoms. The number of anilines is 2. The number of benzene rings is 4. The molecule has 0 atom stereocenters. The molecule has 12 heteroatoms. The number of aromatic nitrogens is 6. The van der Waals surface area contributed by atoms with E-state index in [0.29, 0.717) is 59.8 Å². The number of rotatable bonds is 11. The summed E-state index contributed by atoms with van der Waals surface area (Å²) in [5.41, 5.74) is 1.52. The number of para-hydroxylation sites is 4. The first-order chi connectivity index (χ1) is 22.5. The normalized spacial score (nSPS) is 10.9. The Morgan fingerprint density at radius 1 is 0.522 bits per heavy atom. The third kappa shape index (κ3) is 6.45. The van der Waals surface area contributed by atoms with Gasteiger partial charge >= 0.3 is 11.4 Å². The van der Waals surface area contributed by atoms with Crippen LogP contribution in [0.2, 0.25) is 0 Å². The van der Waals surface area contributed by atoms with Gasteiger partial charge in [0.2, 0.25) is 0 Å². The van der Waals surface area contributed by atoms with Crippen molar-refractivity contribution in [2.24, 2.45) is 0 Å². The molecule has 4 N–H and O–H groups in total. The second-order valence-corrected chi connectivity index (χ2v) is 10.3. The molecular formula is C34H30N8O4. The number of phenolic OH excluding ortho intramolecular Hbond substituents is 2. The standard InChI is InChI=1S/C34H30N8O4/c43-27-19-9-7-17-25(27)29-31(37-33(45)41(39-29)23-13-3-1-4-14-23)35-21-11-12-22-36-32-30(26-18-8-10-20-28(26)44)40-42(34(46)38-32)24-15-5-2-6-16-24/h1-10,13-20,43-44H,11-12,21-22H2,(H,35,37,45)(H,36,38,46). The van der Waals surface area contributed by atoms with E-state index in [9.17, 15) is 19.8 Å². The second kappa shape index (κ2) is 13.6. The van der Waals surface area contributed by atoms with Crippen LogP contribution in [0, 0.1) is 0 Å². The highest BCUT2D eigenvalue weighted by molar-refractivity contribution is 5.76. The van der Waals surface area contributed by atoms with Gasteiger partial charge in [-0.1, -0.05) is 60.7 Å². The summed E-state index contributed by atoms with van der Waals surface area (Å²) in [6, 6.07) is 31.4. The lowest BCUT2D eigenvalue weighted by Gasteiger charge is -2.14. The number of aromatic hydroxyl groups is 2. The van der Waals surface area contributed by atoms with E-state index in [1.54, 1.807) is 97.1 Å². The van der Waals surface area contributed by atoms with E-state index in [0.717, 1.165) is 0 Å². The minimum Gasteiger partial charge on any atom is -0.507 e. The number of phenols is 2. The molecule has 0 unspecified atom stereocenters. The molecule has 0 saturated carbocycles. The van der Waals surface area contributed by atoms with Crippen LogP contribution in [0.4, 0.5) is 11.6 Å². The predicted molar refractivity (Wildman–Crippen MR) is 176 cm³/mol. The Morgan fingerprint density at radius 3 is 1.28 bits per heavy atom. The largest absolute Gasteiger partial charge is 0.507 e. The third-order valence-corrected chi connectivity index (χ3v) is 7.13. The van der Waals surface area contributed by atoms with Crippen LogP contribution in [0.3, 0.4) is 0 Å². The molecule has 46 heavy (non-hydrogen) atoms. The van der Waals surface area contributed by atoms with E-state index in [1.165, 1.54) is 9.36 Å². The van der Waals surface area contributed by atoms with Crippen molar-refractivity contribution >= 4 is 11.6 Å². The highest BCUT2D eigenvalue weighted by atomic mass is 16.3. The number of hydrogen-bond donors (Lipinski definition) is 4. The fraction of sp³-hybridized carbons (Fsp3) is 0.118. The molecule has 4 aromatic carbocycles. The number of hydrogen-bond acceptors (Lipinski definition) is 10. The number of nitrogens with one attached hydrogen (secondary N) is 2. The summed E-state index contributed by atoms with van der Waals surface area (Å²) in [6.07, 6.45) is 1.30. The number of nitrogens with zero attached hydrogens (tertiary/aromatic N) is 6. The molecule has 2 heterocycles. The zero-order chi connectivity index (χ0) is 31.9. The summed E-state index contributed by atoms with van der Waals surface area (Å²) in [5.74, 6) is 0.531. The van der Waals surface area contributed by atoms with Gasteiger partial charge in [-0.25, -0.2) is 9.59 Å². The van der Waals surface area contributed by atoms with Gasteiger partial charge in [0.05, 0.1) is 11.4 Å². The lowest BCUT2D eigenvalue weighted by atomic mass is 10.1. The minimum atomic E-state index is -0.560. The first kappa shape index (κ1) is 29.8. The van der Waals surface area contributed by atoms with Gasteiger partial charge in [-0.05, 0) is 61.4 Å². The Morgan fingerprint density at radius 2 is 0.891 bits per heavy atom. The van der Waals surface area contributed by atoms with Crippen molar-refractivity contribution < 1.29 is 10.2 Å². The second-order valence-electron chi connectivity index (χ2n) is 10.3. The van der Waals surface area contributed by atoms with Gasteiger partial charge in [0.15, 0.2) is 11.6 Å². The molecule has 0 spiro atoms. The van der Waals surface area contributed by atoms with Crippen molar-refractivity contribution in [1.29, 1.82) is 0 Å². The molecule has 0 fully saturated rings. The minimum absolute atomic E-state index is 0.0119. The first-order valence-corrected chi connectivity index (χ1v) is 14.7.